The smallest absolute Gasteiger partial charge is 0.0295 e. The zero-order valence-corrected chi connectivity index (χ0v) is 11.9. The van der Waals surface area contributed by atoms with E-state index in [4.69, 9.17) is 0 Å². The summed E-state index contributed by atoms with van der Waals surface area (Å²) in [5.74, 6) is 1.79. The molecule has 1 aromatic heterocycles. The topological polar surface area (TPSA) is 24.9 Å². The predicted octanol–water partition coefficient (Wildman–Crippen LogP) is 3.95. The minimum atomic E-state index is 0.439. The highest BCUT2D eigenvalue weighted by Gasteiger charge is 2.24. The third-order valence-electron chi connectivity index (χ3n) is 4.41. The molecule has 2 rings (SSSR count). The second-order valence-corrected chi connectivity index (χ2v) is 6.02. The number of rotatable bonds is 4. The van der Waals surface area contributed by atoms with Gasteiger partial charge >= 0.3 is 0 Å². The molecule has 0 bridgehead atoms. The van der Waals surface area contributed by atoms with Gasteiger partial charge in [0.25, 0.3) is 0 Å². The highest BCUT2D eigenvalue weighted by Crippen LogP contribution is 2.30. The lowest BCUT2D eigenvalue weighted by atomic mass is 9.79. The van der Waals surface area contributed by atoms with Crippen molar-refractivity contribution in [3.8, 4) is 0 Å². The van der Waals surface area contributed by atoms with Crippen molar-refractivity contribution in [2.45, 2.75) is 58.5 Å². The Kier molecular flexibility index (Phi) is 4.76. The van der Waals surface area contributed by atoms with E-state index >= 15 is 0 Å². The van der Waals surface area contributed by atoms with Crippen molar-refractivity contribution in [2.75, 3.05) is 0 Å². The van der Waals surface area contributed by atoms with Crippen LogP contribution in [-0.4, -0.2) is 11.0 Å². The van der Waals surface area contributed by atoms with Gasteiger partial charge in [0.2, 0.25) is 0 Å². The number of nitrogens with one attached hydrogen (secondary N) is 1. The van der Waals surface area contributed by atoms with Crippen LogP contribution in [0, 0.1) is 11.8 Å². The van der Waals surface area contributed by atoms with Crippen molar-refractivity contribution >= 4 is 0 Å². The standard InChI is InChI=1S/C16H26N2/c1-12(2)14-4-6-16(7-5-14)18-13(3)15-8-10-17-11-9-15/h8-14,16,18H,4-7H2,1-3H3/t13-,14?,16?/m1/s1. The summed E-state index contributed by atoms with van der Waals surface area (Å²) in [5.41, 5.74) is 1.34. The molecule has 100 valence electrons. The minimum absolute atomic E-state index is 0.439. The van der Waals surface area contributed by atoms with E-state index in [2.05, 4.69) is 43.2 Å². The highest BCUT2D eigenvalue weighted by atomic mass is 14.9. The molecule has 2 heteroatoms. The summed E-state index contributed by atoms with van der Waals surface area (Å²) in [6.07, 6.45) is 9.19. The van der Waals surface area contributed by atoms with E-state index in [0.717, 1.165) is 11.8 Å². The van der Waals surface area contributed by atoms with E-state index in [-0.39, 0.29) is 0 Å². The Morgan fingerprint density at radius 3 is 2.22 bits per heavy atom. The third-order valence-corrected chi connectivity index (χ3v) is 4.41. The Morgan fingerprint density at radius 1 is 1.06 bits per heavy atom. The summed E-state index contributed by atoms with van der Waals surface area (Å²) >= 11 is 0. The number of nitrogens with zero attached hydrogens (tertiary/aromatic N) is 1. The van der Waals surface area contributed by atoms with Gasteiger partial charge in [-0.15, -0.1) is 0 Å². The Hall–Kier alpha value is -0.890. The van der Waals surface area contributed by atoms with Crippen LogP contribution >= 0.6 is 0 Å². The first-order valence-electron chi connectivity index (χ1n) is 7.32. The average molecular weight is 246 g/mol. The fourth-order valence-electron chi connectivity index (χ4n) is 3.05. The van der Waals surface area contributed by atoms with E-state index in [9.17, 15) is 0 Å². The van der Waals surface area contributed by atoms with E-state index < -0.39 is 0 Å². The minimum Gasteiger partial charge on any atom is -0.307 e. The summed E-state index contributed by atoms with van der Waals surface area (Å²) in [6.45, 7) is 6.97. The molecule has 0 aliphatic heterocycles. The first-order chi connectivity index (χ1) is 8.66. The summed E-state index contributed by atoms with van der Waals surface area (Å²) in [6, 6.07) is 5.35. The zero-order valence-electron chi connectivity index (χ0n) is 11.9. The first-order valence-corrected chi connectivity index (χ1v) is 7.32. The molecule has 2 nitrogen and oxygen atoms in total. The van der Waals surface area contributed by atoms with Gasteiger partial charge in [0, 0.05) is 24.5 Å². The van der Waals surface area contributed by atoms with E-state index in [0.29, 0.717) is 12.1 Å². The van der Waals surface area contributed by atoms with Crippen LogP contribution in [0.1, 0.15) is 58.1 Å². The van der Waals surface area contributed by atoms with Crippen LogP contribution in [0.3, 0.4) is 0 Å². The fraction of sp³-hybridized carbons (Fsp3) is 0.688. The number of aromatic nitrogens is 1. The molecule has 0 spiro atoms. The molecular weight excluding hydrogens is 220 g/mol. The predicted molar refractivity (Wildman–Crippen MR) is 76.4 cm³/mol. The molecule has 0 radical (unpaired) electrons. The zero-order chi connectivity index (χ0) is 13.0. The molecule has 0 aromatic carbocycles. The van der Waals surface area contributed by atoms with Crippen molar-refractivity contribution in [1.82, 2.24) is 10.3 Å². The highest BCUT2D eigenvalue weighted by molar-refractivity contribution is 5.14. The SMILES string of the molecule is CC(C)C1CCC(N[C@H](C)c2ccncc2)CC1. The molecule has 1 fully saturated rings. The molecule has 1 heterocycles. The molecule has 1 saturated carbocycles. The summed E-state index contributed by atoms with van der Waals surface area (Å²) in [4.78, 5) is 4.08. The largest absolute Gasteiger partial charge is 0.307 e. The lowest BCUT2D eigenvalue weighted by Crippen LogP contribution is -2.35. The Bertz CT molecular complexity index is 339. The lowest BCUT2D eigenvalue weighted by molar-refractivity contribution is 0.231. The van der Waals surface area contributed by atoms with Crippen molar-refractivity contribution in [3.63, 3.8) is 0 Å². The maximum absolute atomic E-state index is 4.08. The average Bonchev–Trinajstić information content (AvgIpc) is 2.40. The Morgan fingerprint density at radius 2 is 1.67 bits per heavy atom. The molecule has 18 heavy (non-hydrogen) atoms. The van der Waals surface area contributed by atoms with Crippen LogP contribution in [0.15, 0.2) is 24.5 Å². The third kappa shape index (κ3) is 3.55. The van der Waals surface area contributed by atoms with Gasteiger partial charge in [0.15, 0.2) is 0 Å². The van der Waals surface area contributed by atoms with Crippen molar-refractivity contribution in [2.24, 2.45) is 11.8 Å². The molecule has 1 aliphatic rings. The second kappa shape index (κ2) is 6.33. The van der Waals surface area contributed by atoms with Gasteiger partial charge in [-0.05, 0) is 62.1 Å². The molecule has 0 saturated heterocycles. The normalized spacial score (nSPS) is 26.2. The second-order valence-electron chi connectivity index (χ2n) is 6.02. The molecule has 0 amide bonds. The van der Waals surface area contributed by atoms with Gasteiger partial charge in [-0.25, -0.2) is 0 Å². The molecule has 1 aliphatic carbocycles. The lowest BCUT2D eigenvalue weighted by Gasteiger charge is -2.33. The van der Waals surface area contributed by atoms with E-state index in [1.165, 1.54) is 31.2 Å². The van der Waals surface area contributed by atoms with Crippen LogP contribution in [0.4, 0.5) is 0 Å². The van der Waals surface area contributed by atoms with Gasteiger partial charge in [-0.1, -0.05) is 13.8 Å². The van der Waals surface area contributed by atoms with Gasteiger partial charge < -0.3 is 5.32 Å². The van der Waals surface area contributed by atoms with Crippen LogP contribution in [0.25, 0.3) is 0 Å². The van der Waals surface area contributed by atoms with Crippen LogP contribution in [-0.2, 0) is 0 Å². The van der Waals surface area contributed by atoms with Crippen molar-refractivity contribution < 1.29 is 0 Å². The monoisotopic (exact) mass is 246 g/mol. The number of pyridine rings is 1. The molecule has 1 atom stereocenters. The van der Waals surface area contributed by atoms with Gasteiger partial charge in [-0.2, -0.15) is 0 Å². The maximum Gasteiger partial charge on any atom is 0.0295 e. The maximum atomic E-state index is 4.08. The van der Waals surface area contributed by atoms with Gasteiger partial charge in [0.1, 0.15) is 0 Å². The quantitative estimate of drug-likeness (QED) is 0.870. The number of hydrogen-bond acceptors (Lipinski definition) is 2. The molecule has 1 N–H and O–H groups in total. The Balaban J connectivity index is 1.81. The van der Waals surface area contributed by atoms with Crippen LogP contribution < -0.4 is 5.32 Å². The van der Waals surface area contributed by atoms with Gasteiger partial charge in [-0.3, -0.25) is 4.98 Å². The van der Waals surface area contributed by atoms with E-state index in [1.807, 2.05) is 12.4 Å². The van der Waals surface area contributed by atoms with Crippen molar-refractivity contribution in [3.05, 3.63) is 30.1 Å². The Labute approximate surface area is 111 Å². The van der Waals surface area contributed by atoms with E-state index in [1.54, 1.807) is 0 Å². The summed E-state index contributed by atoms with van der Waals surface area (Å²) < 4.78 is 0. The fourth-order valence-corrected chi connectivity index (χ4v) is 3.05. The summed E-state index contributed by atoms with van der Waals surface area (Å²) in [5, 5.41) is 3.77. The van der Waals surface area contributed by atoms with Gasteiger partial charge in [0.05, 0.1) is 0 Å². The summed E-state index contributed by atoms with van der Waals surface area (Å²) in [7, 11) is 0. The first kappa shape index (κ1) is 13.5. The molecule has 0 unspecified atom stereocenters. The number of hydrogen-bond donors (Lipinski definition) is 1. The van der Waals surface area contributed by atoms with Crippen LogP contribution in [0.2, 0.25) is 0 Å². The van der Waals surface area contributed by atoms with Crippen LogP contribution in [0.5, 0.6) is 0 Å². The molecular formula is C16H26N2. The molecule has 1 aromatic rings. The van der Waals surface area contributed by atoms with Crippen molar-refractivity contribution in [1.29, 1.82) is 0 Å².